The number of hydrogen-bond acceptors (Lipinski definition) is 4. The van der Waals surface area contributed by atoms with E-state index in [0.29, 0.717) is 0 Å². The molecule has 13 rings (SSSR count). The summed E-state index contributed by atoms with van der Waals surface area (Å²) >= 11 is 0. The molecule has 2 atom stereocenters. The third-order valence-electron chi connectivity index (χ3n) is 14.2. The van der Waals surface area contributed by atoms with E-state index in [2.05, 4.69) is 253 Å². The van der Waals surface area contributed by atoms with Gasteiger partial charge in [0.05, 0.1) is 34.9 Å². The third kappa shape index (κ3) is 6.84. The molecular formula is C64H46N4. The van der Waals surface area contributed by atoms with Gasteiger partial charge in [0.2, 0.25) is 0 Å². The molecule has 0 radical (unpaired) electrons. The Kier molecular flexibility index (Phi) is 9.75. The van der Waals surface area contributed by atoms with Crippen LogP contribution in [-0.2, 0) is 0 Å². The smallest absolute Gasteiger partial charge is 0.0832 e. The molecule has 0 fully saturated rings. The predicted molar refractivity (Wildman–Crippen MR) is 286 cm³/mol. The molecule has 0 N–H and O–H groups in total. The zero-order valence-electron chi connectivity index (χ0n) is 37.5. The summed E-state index contributed by atoms with van der Waals surface area (Å²) in [5, 5.41) is 25.4. The van der Waals surface area contributed by atoms with E-state index in [0.717, 1.165) is 46.8 Å². The summed E-state index contributed by atoms with van der Waals surface area (Å²) in [6.07, 6.45) is 1.57. The van der Waals surface area contributed by atoms with Gasteiger partial charge in [-0.15, -0.1) is 0 Å². The van der Waals surface area contributed by atoms with Crippen molar-refractivity contribution in [3.63, 3.8) is 0 Å². The van der Waals surface area contributed by atoms with Crippen molar-refractivity contribution >= 4 is 65.9 Å². The first kappa shape index (κ1) is 39.7. The maximum absolute atomic E-state index is 5.51. The molecule has 2 aliphatic rings. The highest BCUT2D eigenvalue weighted by Crippen LogP contribution is 2.46. The van der Waals surface area contributed by atoms with E-state index >= 15 is 0 Å². The fourth-order valence-corrected chi connectivity index (χ4v) is 10.9. The summed E-state index contributed by atoms with van der Waals surface area (Å²) in [6, 6.07) is 88.0. The minimum atomic E-state index is 0.0407. The molecule has 0 amide bonds. The molecule has 322 valence electrons. The highest BCUT2D eigenvalue weighted by Gasteiger charge is 2.33. The lowest BCUT2D eigenvalue weighted by Crippen LogP contribution is -2.18. The molecule has 0 saturated carbocycles. The molecule has 0 saturated heterocycles. The van der Waals surface area contributed by atoms with Gasteiger partial charge < -0.3 is 0 Å². The van der Waals surface area contributed by atoms with Gasteiger partial charge in [-0.2, -0.15) is 10.2 Å². The molecule has 2 heterocycles. The largest absolute Gasteiger partial charge is 0.257 e. The molecule has 68 heavy (non-hydrogen) atoms. The van der Waals surface area contributed by atoms with Crippen LogP contribution in [0.2, 0.25) is 0 Å². The van der Waals surface area contributed by atoms with Crippen molar-refractivity contribution in [2.45, 2.75) is 24.9 Å². The van der Waals surface area contributed by atoms with Crippen LogP contribution in [0.5, 0.6) is 0 Å². The maximum Gasteiger partial charge on any atom is 0.0832 e. The van der Waals surface area contributed by atoms with Crippen LogP contribution in [0.3, 0.4) is 0 Å². The van der Waals surface area contributed by atoms with Gasteiger partial charge in [0.25, 0.3) is 0 Å². The van der Waals surface area contributed by atoms with E-state index in [1.807, 2.05) is 0 Å². The third-order valence-corrected chi connectivity index (χ3v) is 14.2. The van der Waals surface area contributed by atoms with Crippen molar-refractivity contribution in [2.75, 3.05) is 10.0 Å². The number of anilines is 2. The number of hydrogen-bond donors (Lipinski definition) is 0. The standard InChI is InChI=1S/C64H46N4/c1-3-19-47(20-4-1)63-41-59(65-67(63)61-39-37-55(53-27-11-13-29-57(53)61)51-31-15-23-43-17-7-9-25-49(43)51)45-33-35-46(36-34-45)60-42-64(48-21-5-2-6-22-48)68(66-60)62-40-38-56(54-28-12-14-30-58(54)62)52-32-16-24-44-18-8-10-26-50(44)52/h1-40,63-64H,41-42H2. The van der Waals surface area contributed by atoms with Crippen molar-refractivity contribution in [3.8, 4) is 22.3 Å². The Morgan fingerprint density at radius 2 is 0.618 bits per heavy atom. The van der Waals surface area contributed by atoms with Crippen molar-refractivity contribution < 1.29 is 0 Å². The molecule has 11 aromatic rings. The Labute approximate surface area is 396 Å². The second-order valence-electron chi connectivity index (χ2n) is 18.0. The van der Waals surface area contributed by atoms with E-state index in [9.17, 15) is 0 Å². The average molecular weight is 871 g/mol. The van der Waals surface area contributed by atoms with E-state index in [4.69, 9.17) is 10.2 Å². The highest BCUT2D eigenvalue weighted by atomic mass is 15.5. The molecular weight excluding hydrogens is 825 g/mol. The van der Waals surface area contributed by atoms with Gasteiger partial charge in [0.15, 0.2) is 0 Å². The van der Waals surface area contributed by atoms with Crippen molar-refractivity contribution in [3.05, 3.63) is 265 Å². The first-order valence-electron chi connectivity index (χ1n) is 23.7. The molecule has 2 aliphatic heterocycles. The second kappa shape index (κ2) is 16.7. The van der Waals surface area contributed by atoms with Crippen LogP contribution in [-0.4, -0.2) is 11.4 Å². The quantitative estimate of drug-likeness (QED) is 0.152. The Hall–Kier alpha value is -8.60. The molecule has 4 nitrogen and oxygen atoms in total. The summed E-state index contributed by atoms with van der Waals surface area (Å²) < 4.78 is 0. The summed E-state index contributed by atoms with van der Waals surface area (Å²) in [4.78, 5) is 0. The summed E-state index contributed by atoms with van der Waals surface area (Å²) in [5.74, 6) is 0. The fraction of sp³-hybridized carbons (Fsp3) is 0.0625. The molecule has 2 unspecified atom stereocenters. The number of nitrogens with zero attached hydrogens (tertiary/aromatic N) is 4. The van der Waals surface area contributed by atoms with Crippen LogP contribution in [0.25, 0.3) is 65.3 Å². The predicted octanol–water partition coefficient (Wildman–Crippen LogP) is 16.3. The second-order valence-corrected chi connectivity index (χ2v) is 18.0. The highest BCUT2D eigenvalue weighted by molar-refractivity contribution is 6.12. The van der Waals surface area contributed by atoms with Gasteiger partial charge in [0.1, 0.15) is 0 Å². The molecule has 0 bridgehead atoms. The first-order chi connectivity index (χ1) is 33.7. The normalized spacial score (nSPS) is 15.9. The van der Waals surface area contributed by atoms with Gasteiger partial charge in [-0.1, -0.05) is 231 Å². The number of rotatable bonds is 8. The molecule has 0 aliphatic carbocycles. The van der Waals surface area contributed by atoms with E-state index < -0.39 is 0 Å². The van der Waals surface area contributed by atoms with E-state index in [1.54, 1.807) is 0 Å². The summed E-state index contributed by atoms with van der Waals surface area (Å²) in [6.45, 7) is 0. The zero-order valence-corrected chi connectivity index (χ0v) is 37.5. The lowest BCUT2D eigenvalue weighted by atomic mass is 9.92. The molecule has 0 aromatic heterocycles. The number of hydrazone groups is 2. The number of benzene rings is 11. The van der Waals surface area contributed by atoms with Crippen molar-refractivity contribution in [1.82, 2.24) is 0 Å². The fourth-order valence-electron chi connectivity index (χ4n) is 10.9. The Morgan fingerprint density at radius 1 is 0.279 bits per heavy atom. The molecule has 11 aromatic carbocycles. The first-order valence-corrected chi connectivity index (χ1v) is 23.7. The number of fused-ring (bicyclic) bond motifs is 4. The lowest BCUT2D eigenvalue weighted by Gasteiger charge is -2.26. The van der Waals surface area contributed by atoms with Crippen LogP contribution >= 0.6 is 0 Å². The maximum atomic E-state index is 5.51. The van der Waals surface area contributed by atoms with Crippen LogP contribution < -0.4 is 10.0 Å². The van der Waals surface area contributed by atoms with Crippen LogP contribution in [0.4, 0.5) is 11.4 Å². The van der Waals surface area contributed by atoms with Gasteiger partial charge in [-0.05, 0) is 89.0 Å². The Bertz CT molecular complexity index is 3500. The molecule has 0 spiro atoms. The SMILES string of the molecule is c1ccc(C2CC(c3ccc(C4=NN(c5ccc(-c6cccc7ccccc67)c6ccccc56)C(c5ccccc5)C4)cc3)=NN2c2ccc(-c3cccc4ccccc34)c3ccccc23)cc1. The topological polar surface area (TPSA) is 31.2 Å². The van der Waals surface area contributed by atoms with Gasteiger partial charge >= 0.3 is 0 Å². The van der Waals surface area contributed by atoms with Crippen molar-refractivity contribution in [1.29, 1.82) is 0 Å². The van der Waals surface area contributed by atoms with Gasteiger partial charge in [0, 0.05) is 23.6 Å². The minimum absolute atomic E-state index is 0.0407. The Morgan fingerprint density at radius 3 is 1.04 bits per heavy atom. The Balaban J connectivity index is 0.868. The average Bonchev–Trinajstić information content (AvgIpc) is 4.07. The summed E-state index contributed by atoms with van der Waals surface area (Å²) in [5.41, 5.74) is 14.0. The van der Waals surface area contributed by atoms with Crippen LogP contribution in [0, 0.1) is 0 Å². The summed E-state index contributed by atoms with van der Waals surface area (Å²) in [7, 11) is 0. The van der Waals surface area contributed by atoms with Crippen LogP contribution in [0.1, 0.15) is 47.2 Å². The van der Waals surface area contributed by atoms with E-state index in [1.165, 1.54) is 76.5 Å². The van der Waals surface area contributed by atoms with E-state index in [-0.39, 0.29) is 12.1 Å². The van der Waals surface area contributed by atoms with Crippen LogP contribution in [0.15, 0.2) is 253 Å². The zero-order chi connectivity index (χ0) is 45.0. The van der Waals surface area contributed by atoms with Gasteiger partial charge in [-0.25, -0.2) is 0 Å². The molecule has 4 heteroatoms. The lowest BCUT2D eigenvalue weighted by molar-refractivity contribution is 0.711. The van der Waals surface area contributed by atoms with Crippen molar-refractivity contribution in [2.24, 2.45) is 10.2 Å². The van der Waals surface area contributed by atoms with Gasteiger partial charge in [-0.3, -0.25) is 10.0 Å². The minimum Gasteiger partial charge on any atom is -0.257 e. The monoisotopic (exact) mass is 870 g/mol.